The highest BCUT2D eigenvalue weighted by Gasteiger charge is 2.09. The molecule has 7 heteroatoms. The van der Waals surface area contributed by atoms with Gasteiger partial charge in [0.1, 0.15) is 11.5 Å². The van der Waals surface area contributed by atoms with Crippen LogP contribution in [0.2, 0.25) is 0 Å². The van der Waals surface area contributed by atoms with Crippen LogP contribution in [-0.2, 0) is 0 Å². The summed E-state index contributed by atoms with van der Waals surface area (Å²) in [6.07, 6.45) is 1.27. The summed E-state index contributed by atoms with van der Waals surface area (Å²) in [5.74, 6) is -0.898. The van der Waals surface area contributed by atoms with Crippen LogP contribution in [0.4, 0.5) is 5.69 Å². The number of aromatic hydroxyl groups is 2. The van der Waals surface area contributed by atoms with E-state index in [0.717, 1.165) is 5.56 Å². The highest BCUT2D eigenvalue weighted by atomic mass is 16.3. The van der Waals surface area contributed by atoms with Gasteiger partial charge in [0.2, 0.25) is 0 Å². The molecule has 0 unspecified atom stereocenters. The monoisotopic (exact) mass is 389 g/mol. The van der Waals surface area contributed by atoms with Gasteiger partial charge < -0.3 is 15.5 Å². The molecule has 0 atom stereocenters. The molecule has 0 bridgehead atoms. The van der Waals surface area contributed by atoms with Crippen molar-refractivity contribution < 1.29 is 19.8 Å². The molecule has 0 saturated heterocycles. The second-order valence-corrected chi connectivity index (χ2v) is 6.29. The Morgan fingerprint density at radius 2 is 1.66 bits per heavy atom. The van der Waals surface area contributed by atoms with Gasteiger partial charge in [-0.3, -0.25) is 9.59 Å². The zero-order valence-electron chi connectivity index (χ0n) is 15.6. The lowest BCUT2D eigenvalue weighted by molar-refractivity contribution is 0.0954. The Hall–Kier alpha value is -4.13. The summed E-state index contributed by atoms with van der Waals surface area (Å²) in [6, 6.07) is 17.7. The molecule has 0 aromatic heterocycles. The lowest BCUT2D eigenvalue weighted by Crippen LogP contribution is -2.18. The number of rotatable bonds is 5. The van der Waals surface area contributed by atoms with Crippen LogP contribution in [0.5, 0.6) is 11.5 Å². The van der Waals surface area contributed by atoms with Crippen molar-refractivity contribution in [1.82, 2.24) is 5.43 Å². The minimum atomic E-state index is -0.448. The molecule has 0 aliphatic heterocycles. The summed E-state index contributed by atoms with van der Waals surface area (Å²) in [5.41, 5.74) is 5.07. The standard InChI is InChI=1S/C22H19N3O4/c1-14-4-2-3-5-19(14)22(29)24-17-9-6-15(7-10-17)21(28)25-23-13-16-8-11-18(26)12-20(16)27/h2-13,26-27H,1H3,(H,24,29)(H,25,28)/b23-13-. The van der Waals surface area contributed by atoms with Crippen LogP contribution in [0.3, 0.4) is 0 Å². The summed E-state index contributed by atoms with van der Waals surface area (Å²) < 4.78 is 0. The van der Waals surface area contributed by atoms with Crippen molar-refractivity contribution in [1.29, 1.82) is 0 Å². The zero-order valence-corrected chi connectivity index (χ0v) is 15.6. The first kappa shape index (κ1) is 19.6. The van der Waals surface area contributed by atoms with Gasteiger partial charge in [0.05, 0.1) is 6.21 Å². The van der Waals surface area contributed by atoms with Gasteiger partial charge in [0, 0.05) is 28.4 Å². The molecule has 0 heterocycles. The molecule has 0 aliphatic rings. The first-order chi connectivity index (χ1) is 13.9. The van der Waals surface area contributed by atoms with E-state index in [9.17, 15) is 19.8 Å². The number of phenolic OH excluding ortho intramolecular Hbond substituents is 2. The van der Waals surface area contributed by atoms with Crippen LogP contribution in [0, 0.1) is 6.92 Å². The first-order valence-corrected chi connectivity index (χ1v) is 8.76. The third-order valence-corrected chi connectivity index (χ3v) is 4.18. The molecule has 0 fully saturated rings. The summed E-state index contributed by atoms with van der Waals surface area (Å²) in [4.78, 5) is 24.5. The molecule has 0 radical (unpaired) electrons. The topological polar surface area (TPSA) is 111 Å². The summed E-state index contributed by atoms with van der Waals surface area (Å²) >= 11 is 0. The minimum absolute atomic E-state index is 0.0710. The van der Waals surface area contributed by atoms with Crippen LogP contribution in [-0.4, -0.2) is 28.2 Å². The van der Waals surface area contributed by atoms with Crippen LogP contribution >= 0.6 is 0 Å². The molecule has 2 amide bonds. The molecular weight excluding hydrogens is 370 g/mol. The van der Waals surface area contributed by atoms with Gasteiger partial charge in [0.15, 0.2) is 0 Å². The van der Waals surface area contributed by atoms with Gasteiger partial charge in [-0.2, -0.15) is 5.10 Å². The van der Waals surface area contributed by atoms with Gasteiger partial charge >= 0.3 is 0 Å². The average Bonchev–Trinajstić information content (AvgIpc) is 2.70. The fourth-order valence-electron chi connectivity index (χ4n) is 2.60. The van der Waals surface area contributed by atoms with Gasteiger partial charge in [-0.05, 0) is 55.0 Å². The number of amides is 2. The Labute approximate surface area is 167 Å². The Bertz CT molecular complexity index is 1080. The normalized spacial score (nSPS) is 10.7. The van der Waals surface area contributed by atoms with E-state index in [4.69, 9.17) is 0 Å². The van der Waals surface area contributed by atoms with Crippen LogP contribution < -0.4 is 10.7 Å². The van der Waals surface area contributed by atoms with Gasteiger partial charge in [-0.1, -0.05) is 18.2 Å². The minimum Gasteiger partial charge on any atom is -0.508 e. The second kappa shape index (κ2) is 8.71. The van der Waals surface area contributed by atoms with E-state index in [1.54, 1.807) is 36.4 Å². The molecule has 3 rings (SSSR count). The van der Waals surface area contributed by atoms with E-state index in [2.05, 4.69) is 15.8 Å². The molecule has 0 spiro atoms. The Kier molecular flexibility index (Phi) is 5.89. The SMILES string of the molecule is Cc1ccccc1C(=O)Nc1ccc(C(=O)N/N=C\c2ccc(O)cc2O)cc1. The number of aryl methyl sites for hydroxylation is 1. The Morgan fingerprint density at radius 3 is 2.34 bits per heavy atom. The maximum Gasteiger partial charge on any atom is 0.271 e. The molecule has 3 aromatic rings. The second-order valence-electron chi connectivity index (χ2n) is 6.29. The Balaban J connectivity index is 1.60. The predicted octanol–water partition coefficient (Wildman–Crippen LogP) is 3.42. The number of hydrazone groups is 1. The number of nitrogens with one attached hydrogen (secondary N) is 2. The number of hydrogen-bond donors (Lipinski definition) is 4. The Morgan fingerprint density at radius 1 is 0.931 bits per heavy atom. The van der Waals surface area contributed by atoms with Gasteiger partial charge in [0.25, 0.3) is 11.8 Å². The fraction of sp³-hybridized carbons (Fsp3) is 0.0455. The summed E-state index contributed by atoms with van der Waals surface area (Å²) in [6.45, 7) is 1.86. The van der Waals surface area contributed by atoms with Crippen molar-refractivity contribution in [3.8, 4) is 11.5 Å². The van der Waals surface area contributed by atoms with Crippen molar-refractivity contribution in [2.75, 3.05) is 5.32 Å². The maximum atomic E-state index is 12.3. The van der Waals surface area contributed by atoms with Crippen molar-refractivity contribution in [2.45, 2.75) is 6.92 Å². The molecule has 146 valence electrons. The number of carbonyl (C=O) groups excluding carboxylic acids is 2. The highest BCUT2D eigenvalue weighted by Crippen LogP contribution is 2.20. The fourth-order valence-corrected chi connectivity index (χ4v) is 2.60. The molecular formula is C22H19N3O4. The molecule has 4 N–H and O–H groups in total. The lowest BCUT2D eigenvalue weighted by atomic mass is 10.1. The van der Waals surface area contributed by atoms with Crippen LogP contribution in [0.1, 0.15) is 31.8 Å². The lowest BCUT2D eigenvalue weighted by Gasteiger charge is -2.08. The molecule has 0 aliphatic carbocycles. The number of hydrogen-bond acceptors (Lipinski definition) is 5. The predicted molar refractivity (Wildman–Crippen MR) is 110 cm³/mol. The maximum absolute atomic E-state index is 12.3. The van der Waals surface area contributed by atoms with Crippen LogP contribution in [0.25, 0.3) is 0 Å². The number of benzene rings is 3. The van der Waals surface area contributed by atoms with Crippen molar-refractivity contribution in [3.63, 3.8) is 0 Å². The smallest absolute Gasteiger partial charge is 0.271 e. The van der Waals surface area contributed by atoms with Crippen molar-refractivity contribution >= 4 is 23.7 Å². The molecule has 0 saturated carbocycles. The third-order valence-electron chi connectivity index (χ3n) is 4.18. The number of phenols is 2. The third kappa shape index (κ3) is 4.98. The van der Waals surface area contributed by atoms with E-state index in [0.29, 0.717) is 22.4 Å². The zero-order chi connectivity index (χ0) is 20.8. The first-order valence-electron chi connectivity index (χ1n) is 8.76. The quantitative estimate of drug-likeness (QED) is 0.396. The largest absolute Gasteiger partial charge is 0.508 e. The van der Waals surface area contributed by atoms with Crippen LogP contribution in [0.15, 0.2) is 71.8 Å². The summed E-state index contributed by atoms with van der Waals surface area (Å²) in [7, 11) is 0. The number of anilines is 1. The van der Waals surface area contributed by atoms with E-state index < -0.39 is 5.91 Å². The van der Waals surface area contributed by atoms with Crippen molar-refractivity contribution in [2.24, 2.45) is 5.10 Å². The molecule has 29 heavy (non-hydrogen) atoms. The molecule has 3 aromatic carbocycles. The number of carbonyl (C=O) groups is 2. The van der Waals surface area contributed by atoms with E-state index in [1.165, 1.54) is 24.4 Å². The molecule has 7 nitrogen and oxygen atoms in total. The van der Waals surface area contributed by atoms with Gasteiger partial charge in [-0.25, -0.2) is 5.43 Å². The average molecular weight is 389 g/mol. The van der Waals surface area contributed by atoms with E-state index in [1.807, 2.05) is 19.1 Å². The van der Waals surface area contributed by atoms with E-state index >= 15 is 0 Å². The summed E-state index contributed by atoms with van der Waals surface area (Å²) in [5, 5.41) is 25.5. The highest BCUT2D eigenvalue weighted by molar-refractivity contribution is 6.05. The number of nitrogens with zero attached hydrogens (tertiary/aromatic N) is 1. The van der Waals surface area contributed by atoms with Gasteiger partial charge in [-0.15, -0.1) is 0 Å². The van der Waals surface area contributed by atoms with Crippen molar-refractivity contribution in [3.05, 3.63) is 89.0 Å². The van der Waals surface area contributed by atoms with E-state index in [-0.39, 0.29) is 17.4 Å².